The Labute approximate surface area is 193 Å². The summed E-state index contributed by atoms with van der Waals surface area (Å²) in [6, 6.07) is 16.1. The summed E-state index contributed by atoms with van der Waals surface area (Å²) in [6.45, 7) is 10.5. The van der Waals surface area contributed by atoms with Gasteiger partial charge in [0.15, 0.2) is 5.69 Å². The summed E-state index contributed by atoms with van der Waals surface area (Å²) >= 11 is 0. The van der Waals surface area contributed by atoms with Crippen LogP contribution >= 0.6 is 0 Å². The van der Waals surface area contributed by atoms with Gasteiger partial charge in [-0.3, -0.25) is 9.48 Å². The number of hydrogen-bond donors (Lipinski definition) is 1. The van der Waals surface area contributed by atoms with Crippen LogP contribution in [-0.4, -0.2) is 20.8 Å². The largest absolute Gasteiger partial charge is 0.489 e. The van der Waals surface area contributed by atoms with Gasteiger partial charge in [-0.25, -0.2) is 0 Å². The quantitative estimate of drug-likeness (QED) is 0.419. The Kier molecular flexibility index (Phi) is 6.31. The molecule has 0 saturated carbocycles. The SMILES string of the molecule is Cc1ccc(Cn2nc(C)c(NC(=O)c3noc(C)c3COc3ccc(C)cc3)c2C)cc1. The fourth-order valence-electron chi connectivity index (χ4n) is 3.60. The first-order chi connectivity index (χ1) is 15.8. The van der Waals surface area contributed by atoms with Crippen molar-refractivity contribution in [3.05, 3.63) is 93.6 Å². The van der Waals surface area contributed by atoms with Crippen LogP contribution in [0.25, 0.3) is 0 Å². The van der Waals surface area contributed by atoms with E-state index in [0.717, 1.165) is 28.3 Å². The van der Waals surface area contributed by atoms with Gasteiger partial charge in [0, 0.05) is 0 Å². The number of ether oxygens (including phenoxy) is 1. The van der Waals surface area contributed by atoms with Crippen LogP contribution in [0.3, 0.4) is 0 Å². The van der Waals surface area contributed by atoms with Gasteiger partial charge in [0.05, 0.1) is 29.2 Å². The molecule has 0 bridgehead atoms. The number of carbonyl (C=O) groups is 1. The zero-order valence-electron chi connectivity index (χ0n) is 19.6. The van der Waals surface area contributed by atoms with E-state index in [4.69, 9.17) is 9.26 Å². The van der Waals surface area contributed by atoms with Crippen molar-refractivity contribution in [2.24, 2.45) is 0 Å². The first kappa shape index (κ1) is 22.3. The van der Waals surface area contributed by atoms with Crippen molar-refractivity contribution in [2.75, 3.05) is 5.32 Å². The van der Waals surface area contributed by atoms with E-state index in [1.54, 1.807) is 6.92 Å². The number of benzene rings is 2. The molecule has 33 heavy (non-hydrogen) atoms. The van der Waals surface area contributed by atoms with E-state index >= 15 is 0 Å². The maximum Gasteiger partial charge on any atom is 0.278 e. The molecule has 4 rings (SSSR count). The molecule has 0 aliphatic rings. The third kappa shape index (κ3) is 4.98. The van der Waals surface area contributed by atoms with Gasteiger partial charge >= 0.3 is 0 Å². The Morgan fingerprint density at radius 1 is 0.970 bits per heavy atom. The van der Waals surface area contributed by atoms with Crippen LogP contribution in [-0.2, 0) is 13.2 Å². The molecule has 2 aromatic carbocycles. The molecule has 0 aliphatic carbocycles. The van der Waals surface area contributed by atoms with Gasteiger partial charge in [0.1, 0.15) is 18.1 Å². The van der Waals surface area contributed by atoms with E-state index < -0.39 is 0 Å². The van der Waals surface area contributed by atoms with Gasteiger partial charge < -0.3 is 14.6 Å². The standard InChI is InChI=1S/C26H28N4O3/c1-16-6-10-21(11-7-16)14-30-19(4)24(18(3)28-30)27-26(31)25-23(20(5)33-29-25)15-32-22-12-8-17(2)9-13-22/h6-13H,14-15H2,1-5H3,(H,27,31). The highest BCUT2D eigenvalue weighted by Gasteiger charge is 2.23. The summed E-state index contributed by atoms with van der Waals surface area (Å²) in [4.78, 5) is 13.1. The third-order valence-corrected chi connectivity index (χ3v) is 5.68. The van der Waals surface area contributed by atoms with E-state index in [2.05, 4.69) is 46.8 Å². The maximum atomic E-state index is 13.1. The minimum Gasteiger partial charge on any atom is -0.489 e. The number of nitrogens with zero attached hydrogens (tertiary/aromatic N) is 3. The van der Waals surface area contributed by atoms with Crippen LogP contribution < -0.4 is 10.1 Å². The summed E-state index contributed by atoms with van der Waals surface area (Å²) in [7, 11) is 0. The van der Waals surface area contributed by atoms with E-state index in [9.17, 15) is 4.79 Å². The van der Waals surface area contributed by atoms with Crippen molar-refractivity contribution in [1.29, 1.82) is 0 Å². The molecule has 0 aliphatic heterocycles. The topological polar surface area (TPSA) is 82.2 Å². The zero-order valence-corrected chi connectivity index (χ0v) is 19.6. The number of rotatable bonds is 7. The second kappa shape index (κ2) is 9.32. The minimum atomic E-state index is -0.351. The number of hydrogen-bond acceptors (Lipinski definition) is 5. The molecule has 0 radical (unpaired) electrons. The van der Waals surface area contributed by atoms with Crippen molar-refractivity contribution in [3.8, 4) is 5.75 Å². The van der Waals surface area contributed by atoms with Gasteiger partial charge in [-0.05, 0) is 52.3 Å². The predicted molar refractivity (Wildman–Crippen MR) is 127 cm³/mol. The fraction of sp³-hybridized carbons (Fsp3) is 0.269. The fourth-order valence-corrected chi connectivity index (χ4v) is 3.60. The Morgan fingerprint density at radius 2 is 1.61 bits per heavy atom. The molecule has 0 unspecified atom stereocenters. The summed E-state index contributed by atoms with van der Waals surface area (Å²) < 4.78 is 13.1. The second-order valence-electron chi connectivity index (χ2n) is 8.31. The number of aromatic nitrogens is 3. The number of anilines is 1. The normalized spacial score (nSPS) is 10.9. The van der Waals surface area contributed by atoms with Crippen molar-refractivity contribution in [2.45, 2.75) is 47.8 Å². The molecule has 1 amide bonds. The van der Waals surface area contributed by atoms with E-state index in [1.165, 1.54) is 5.56 Å². The lowest BCUT2D eigenvalue weighted by Gasteiger charge is -2.09. The average Bonchev–Trinajstić information content (AvgIpc) is 3.29. The lowest BCUT2D eigenvalue weighted by atomic mass is 10.1. The lowest BCUT2D eigenvalue weighted by Crippen LogP contribution is -2.16. The van der Waals surface area contributed by atoms with Crippen molar-refractivity contribution in [3.63, 3.8) is 0 Å². The number of carbonyl (C=O) groups excluding carboxylic acids is 1. The van der Waals surface area contributed by atoms with Gasteiger partial charge in [0.25, 0.3) is 5.91 Å². The van der Waals surface area contributed by atoms with Crippen molar-refractivity contribution in [1.82, 2.24) is 14.9 Å². The highest BCUT2D eigenvalue weighted by Crippen LogP contribution is 2.24. The predicted octanol–water partition coefficient (Wildman–Crippen LogP) is 5.29. The number of amides is 1. The molecule has 4 aromatic rings. The van der Waals surface area contributed by atoms with Crippen molar-refractivity contribution < 1.29 is 14.1 Å². The molecule has 0 atom stereocenters. The van der Waals surface area contributed by atoms with Crippen LogP contribution in [0, 0.1) is 34.6 Å². The van der Waals surface area contributed by atoms with Gasteiger partial charge in [0.2, 0.25) is 0 Å². The Morgan fingerprint density at radius 3 is 2.27 bits per heavy atom. The number of aryl methyl sites for hydroxylation is 4. The Hall–Kier alpha value is -3.87. The minimum absolute atomic E-state index is 0.186. The van der Waals surface area contributed by atoms with E-state index in [-0.39, 0.29) is 18.2 Å². The number of nitrogens with one attached hydrogen (secondary N) is 1. The molecule has 7 nitrogen and oxygen atoms in total. The van der Waals surface area contributed by atoms with Crippen LogP contribution in [0.4, 0.5) is 5.69 Å². The van der Waals surface area contributed by atoms with Crippen LogP contribution in [0.1, 0.15) is 49.9 Å². The molecular weight excluding hydrogens is 416 g/mol. The smallest absolute Gasteiger partial charge is 0.278 e. The van der Waals surface area contributed by atoms with Crippen LogP contribution in [0.15, 0.2) is 53.1 Å². The summed E-state index contributed by atoms with van der Waals surface area (Å²) in [5, 5.41) is 11.6. The first-order valence-electron chi connectivity index (χ1n) is 10.9. The molecular formula is C26H28N4O3. The van der Waals surface area contributed by atoms with Gasteiger partial charge in [-0.15, -0.1) is 0 Å². The van der Waals surface area contributed by atoms with Crippen LogP contribution in [0.2, 0.25) is 0 Å². The molecule has 0 saturated heterocycles. The molecule has 0 spiro atoms. The monoisotopic (exact) mass is 444 g/mol. The average molecular weight is 445 g/mol. The van der Waals surface area contributed by atoms with E-state index in [0.29, 0.717) is 23.6 Å². The van der Waals surface area contributed by atoms with Gasteiger partial charge in [-0.1, -0.05) is 52.7 Å². The maximum absolute atomic E-state index is 13.1. The second-order valence-corrected chi connectivity index (χ2v) is 8.31. The summed E-state index contributed by atoms with van der Waals surface area (Å²) in [5.74, 6) is 0.919. The third-order valence-electron chi connectivity index (χ3n) is 5.68. The molecule has 7 heteroatoms. The highest BCUT2D eigenvalue weighted by atomic mass is 16.5. The molecule has 1 N–H and O–H groups in total. The molecule has 2 aromatic heterocycles. The lowest BCUT2D eigenvalue weighted by molar-refractivity contribution is 0.101. The zero-order chi connectivity index (χ0) is 23.5. The Balaban J connectivity index is 1.50. The van der Waals surface area contributed by atoms with Crippen molar-refractivity contribution >= 4 is 11.6 Å². The summed E-state index contributed by atoms with van der Waals surface area (Å²) in [5.41, 5.74) is 6.64. The molecule has 2 heterocycles. The van der Waals surface area contributed by atoms with E-state index in [1.807, 2.05) is 49.7 Å². The highest BCUT2D eigenvalue weighted by molar-refractivity contribution is 6.04. The molecule has 170 valence electrons. The first-order valence-corrected chi connectivity index (χ1v) is 10.9. The van der Waals surface area contributed by atoms with Gasteiger partial charge in [-0.2, -0.15) is 5.10 Å². The summed E-state index contributed by atoms with van der Waals surface area (Å²) in [6.07, 6.45) is 0. The molecule has 0 fully saturated rings. The van der Waals surface area contributed by atoms with Crippen LogP contribution in [0.5, 0.6) is 5.75 Å². The Bertz CT molecular complexity index is 1270.